The smallest absolute Gasteiger partial charge is 0.322 e. The molecule has 188 valence electrons. The maximum absolute atomic E-state index is 12.5. The maximum atomic E-state index is 12.5. The molecule has 7 N–H and O–H groups in total. The van der Waals surface area contributed by atoms with Crippen LogP contribution in [0.3, 0.4) is 0 Å². The van der Waals surface area contributed by atoms with Gasteiger partial charge in [-0.3, -0.25) is 9.59 Å². The maximum Gasteiger partial charge on any atom is 0.322 e. The first-order valence-electron chi connectivity index (χ1n) is 10.5. The summed E-state index contributed by atoms with van der Waals surface area (Å²) in [5.74, 6) is -1.70. The Bertz CT molecular complexity index is 1220. The van der Waals surface area contributed by atoms with Crippen LogP contribution in [-0.4, -0.2) is 56.3 Å². The second-order valence-electron chi connectivity index (χ2n) is 8.15. The molecular formula is C22H27N5O7S. The molecule has 0 radical (unpaired) electrons. The van der Waals surface area contributed by atoms with Crippen molar-refractivity contribution in [3.8, 4) is 11.5 Å². The normalized spacial score (nSPS) is 17.7. The fourth-order valence-electron chi connectivity index (χ4n) is 3.39. The zero-order valence-corrected chi connectivity index (χ0v) is 19.7. The lowest BCUT2D eigenvalue weighted by Crippen LogP contribution is -2.56. The van der Waals surface area contributed by atoms with Gasteiger partial charge in [0.1, 0.15) is 19.2 Å². The summed E-state index contributed by atoms with van der Waals surface area (Å²) < 4.78 is 38.8. The van der Waals surface area contributed by atoms with Gasteiger partial charge in [0.2, 0.25) is 21.7 Å². The molecule has 13 heteroatoms. The zero-order chi connectivity index (χ0) is 25.6. The number of aliphatic carboxylic acids is 1. The monoisotopic (exact) mass is 505 g/mol. The molecule has 0 aliphatic carbocycles. The molecular weight excluding hydrogens is 478 g/mol. The third-order valence-corrected chi connectivity index (χ3v) is 6.27. The fourth-order valence-corrected chi connectivity index (χ4v) is 4.72. The minimum atomic E-state index is -3.91. The van der Waals surface area contributed by atoms with Gasteiger partial charge in [-0.25, -0.2) is 18.1 Å². The summed E-state index contributed by atoms with van der Waals surface area (Å²) in [5.41, 5.74) is 10.3. The minimum Gasteiger partial charge on any atom is -0.483 e. The van der Waals surface area contributed by atoms with E-state index in [1.807, 2.05) is 0 Å². The summed E-state index contributed by atoms with van der Waals surface area (Å²) in [4.78, 5) is 27.4. The van der Waals surface area contributed by atoms with Crippen LogP contribution in [-0.2, 0) is 31.8 Å². The lowest BCUT2D eigenvalue weighted by molar-refractivity contribution is -0.139. The van der Waals surface area contributed by atoms with Crippen LogP contribution in [0, 0.1) is 0 Å². The van der Waals surface area contributed by atoms with E-state index < -0.39 is 33.7 Å². The lowest BCUT2D eigenvalue weighted by atomic mass is 10.1. The number of benzene rings is 2. The molecule has 3 rings (SSSR count). The number of hydrogen-bond donors (Lipinski definition) is 5. The molecule has 2 aromatic carbocycles. The molecule has 1 aliphatic heterocycles. The van der Waals surface area contributed by atoms with Crippen molar-refractivity contribution in [3.05, 3.63) is 59.7 Å². The van der Waals surface area contributed by atoms with E-state index in [-0.39, 0.29) is 31.3 Å². The topological polar surface area (TPSA) is 195 Å². The molecule has 1 unspecified atom stereocenters. The third-order valence-electron chi connectivity index (χ3n) is 4.91. The van der Waals surface area contributed by atoms with Gasteiger partial charge in [0.15, 0.2) is 17.5 Å². The van der Waals surface area contributed by atoms with Crippen molar-refractivity contribution >= 4 is 27.9 Å². The largest absolute Gasteiger partial charge is 0.483 e. The highest BCUT2D eigenvalue weighted by Crippen LogP contribution is 2.35. The molecule has 0 fully saturated rings. The van der Waals surface area contributed by atoms with Gasteiger partial charge in [0.25, 0.3) is 0 Å². The quantitative estimate of drug-likeness (QED) is 0.212. The van der Waals surface area contributed by atoms with Gasteiger partial charge >= 0.3 is 5.97 Å². The number of nitrogens with zero attached hydrogens (tertiary/aromatic N) is 1. The van der Waals surface area contributed by atoms with Crippen molar-refractivity contribution in [3.63, 3.8) is 0 Å². The summed E-state index contributed by atoms with van der Waals surface area (Å²) in [7, 11) is -3.91. The molecule has 1 aliphatic rings. The van der Waals surface area contributed by atoms with Gasteiger partial charge < -0.3 is 31.4 Å². The Balaban J connectivity index is 1.66. The van der Waals surface area contributed by atoms with E-state index in [0.29, 0.717) is 22.6 Å². The summed E-state index contributed by atoms with van der Waals surface area (Å²) >= 11 is 0. The number of hydrogen-bond acceptors (Lipinski definition) is 7. The summed E-state index contributed by atoms with van der Waals surface area (Å²) in [5, 5.41) is 12.2. The first kappa shape index (κ1) is 25.8. The standard InChI is InChI=1S/C22H27N5O7S/c1-22(26-19(28)11-25-21(23)24)13-33-18-10-15(7-8-17(18)34-22)9-16(20(29)30)27-35(31,32)12-14-5-3-2-4-6-14/h2-8,10,16,27H,9,11-13H2,1H3,(H,26,28)(H,29,30)(H4,23,24,25)/t16-,22?/m0/s1. The number of ether oxygens (including phenoxy) is 2. The SMILES string of the molecule is CC1(NC(=O)CN=C(N)N)COc2cc(C[C@H](NS(=O)(=O)Cc3ccccc3)C(=O)O)ccc2O1. The summed E-state index contributed by atoms with van der Waals surface area (Å²) in [6.45, 7) is 1.30. The second kappa shape index (κ2) is 10.6. The number of nitrogens with one attached hydrogen (secondary N) is 2. The van der Waals surface area contributed by atoms with Gasteiger partial charge in [0, 0.05) is 0 Å². The number of rotatable bonds is 10. The molecule has 0 bridgehead atoms. The highest BCUT2D eigenvalue weighted by Gasteiger charge is 2.35. The lowest BCUT2D eigenvalue weighted by Gasteiger charge is -2.36. The van der Waals surface area contributed by atoms with Crippen LogP contribution in [0.2, 0.25) is 0 Å². The van der Waals surface area contributed by atoms with E-state index in [9.17, 15) is 23.1 Å². The van der Waals surface area contributed by atoms with Crippen LogP contribution in [0.15, 0.2) is 53.5 Å². The van der Waals surface area contributed by atoms with Crippen molar-refractivity contribution in [2.24, 2.45) is 16.5 Å². The number of sulfonamides is 1. The van der Waals surface area contributed by atoms with E-state index in [1.165, 1.54) is 0 Å². The number of carbonyl (C=O) groups excluding carboxylic acids is 1. The highest BCUT2D eigenvalue weighted by atomic mass is 32.2. The highest BCUT2D eigenvalue weighted by molar-refractivity contribution is 7.88. The molecule has 0 saturated carbocycles. The average molecular weight is 506 g/mol. The van der Waals surface area contributed by atoms with Gasteiger partial charge in [0.05, 0.1) is 5.75 Å². The van der Waals surface area contributed by atoms with E-state index in [1.54, 1.807) is 55.5 Å². The first-order valence-corrected chi connectivity index (χ1v) is 12.2. The van der Waals surface area contributed by atoms with Crippen LogP contribution >= 0.6 is 0 Å². The van der Waals surface area contributed by atoms with Crippen molar-refractivity contribution in [2.75, 3.05) is 13.2 Å². The van der Waals surface area contributed by atoms with Gasteiger partial charge in [-0.05, 0) is 36.6 Å². The number of carboxylic acid groups (broad SMARTS) is 1. The van der Waals surface area contributed by atoms with E-state index in [4.69, 9.17) is 20.9 Å². The molecule has 2 atom stereocenters. The molecule has 1 amide bonds. The minimum absolute atomic E-state index is 0.0386. The summed E-state index contributed by atoms with van der Waals surface area (Å²) in [6, 6.07) is 11.8. The van der Waals surface area contributed by atoms with Crippen molar-refractivity contribution in [1.82, 2.24) is 10.0 Å². The average Bonchev–Trinajstić information content (AvgIpc) is 2.77. The molecule has 0 aromatic heterocycles. The Labute approximate surface area is 202 Å². The molecule has 2 aromatic rings. The van der Waals surface area contributed by atoms with E-state index >= 15 is 0 Å². The number of carbonyl (C=O) groups is 2. The number of carboxylic acids is 1. The van der Waals surface area contributed by atoms with Crippen molar-refractivity contribution in [1.29, 1.82) is 0 Å². The Morgan fingerprint density at radius 3 is 2.51 bits per heavy atom. The Morgan fingerprint density at radius 1 is 1.14 bits per heavy atom. The molecule has 0 spiro atoms. The number of aliphatic imine (C=N–C) groups is 1. The van der Waals surface area contributed by atoms with Crippen LogP contribution in [0.5, 0.6) is 11.5 Å². The van der Waals surface area contributed by atoms with Crippen LogP contribution < -0.4 is 31.0 Å². The predicted octanol–water partition coefficient (Wildman–Crippen LogP) is -0.321. The summed E-state index contributed by atoms with van der Waals surface area (Å²) in [6.07, 6.45) is -0.119. The van der Waals surface area contributed by atoms with E-state index in [2.05, 4.69) is 15.0 Å². The number of guanidine groups is 1. The number of fused-ring (bicyclic) bond motifs is 1. The second-order valence-corrected chi connectivity index (χ2v) is 9.90. The van der Waals surface area contributed by atoms with Crippen LogP contribution in [0.4, 0.5) is 0 Å². The predicted molar refractivity (Wildman–Crippen MR) is 127 cm³/mol. The zero-order valence-electron chi connectivity index (χ0n) is 18.9. The van der Waals surface area contributed by atoms with Crippen LogP contribution in [0.1, 0.15) is 18.1 Å². The van der Waals surface area contributed by atoms with Crippen molar-refractivity contribution in [2.45, 2.75) is 30.9 Å². The van der Waals surface area contributed by atoms with Gasteiger partial charge in [-0.1, -0.05) is 36.4 Å². The molecule has 1 heterocycles. The van der Waals surface area contributed by atoms with Gasteiger partial charge in [-0.2, -0.15) is 0 Å². The number of nitrogens with two attached hydrogens (primary N) is 2. The molecule has 0 saturated heterocycles. The molecule has 35 heavy (non-hydrogen) atoms. The third kappa shape index (κ3) is 7.58. The van der Waals surface area contributed by atoms with E-state index in [0.717, 1.165) is 0 Å². The van der Waals surface area contributed by atoms with Crippen LogP contribution in [0.25, 0.3) is 0 Å². The number of amides is 1. The van der Waals surface area contributed by atoms with Gasteiger partial charge in [-0.15, -0.1) is 0 Å². The Kier molecular flexibility index (Phi) is 7.82. The Hall–Kier alpha value is -3.84. The fraction of sp³-hybridized carbons (Fsp3) is 0.318. The Morgan fingerprint density at radius 2 is 1.86 bits per heavy atom. The first-order chi connectivity index (χ1) is 16.4. The molecule has 12 nitrogen and oxygen atoms in total. The van der Waals surface area contributed by atoms with Crippen molar-refractivity contribution < 1.29 is 32.6 Å².